The second kappa shape index (κ2) is 5.61. The van der Waals surface area contributed by atoms with E-state index in [0.717, 1.165) is 11.1 Å². The highest BCUT2D eigenvalue weighted by Crippen LogP contribution is 2.32. The molecular formula is C11H14ClNO3. The normalized spacial score (nSPS) is 9.75. The molecule has 0 radical (unpaired) electrons. The van der Waals surface area contributed by atoms with E-state index >= 15 is 0 Å². The van der Waals surface area contributed by atoms with Crippen LogP contribution >= 0.6 is 11.6 Å². The third kappa shape index (κ3) is 2.58. The SMILES string of the molecule is COC(=O)Nc1c(OC)ccc(C)c1CCl. The molecule has 88 valence electrons. The van der Waals surface area contributed by atoms with Gasteiger partial charge in [0.2, 0.25) is 0 Å². The number of halogens is 1. The van der Waals surface area contributed by atoms with E-state index < -0.39 is 6.09 Å². The summed E-state index contributed by atoms with van der Waals surface area (Å²) in [5.74, 6) is 0.856. The Labute approximate surface area is 99.5 Å². The third-order valence-electron chi connectivity index (χ3n) is 2.27. The van der Waals surface area contributed by atoms with Crippen LogP contribution in [0.1, 0.15) is 11.1 Å². The average Bonchev–Trinajstić information content (AvgIpc) is 2.29. The van der Waals surface area contributed by atoms with Crippen molar-refractivity contribution >= 4 is 23.4 Å². The fourth-order valence-corrected chi connectivity index (χ4v) is 1.71. The molecule has 0 aliphatic carbocycles. The van der Waals surface area contributed by atoms with Crippen LogP contribution in [0.4, 0.5) is 10.5 Å². The van der Waals surface area contributed by atoms with Gasteiger partial charge in [0.25, 0.3) is 0 Å². The maximum absolute atomic E-state index is 11.2. The minimum atomic E-state index is -0.546. The summed E-state index contributed by atoms with van der Waals surface area (Å²) in [6.07, 6.45) is -0.546. The molecular weight excluding hydrogens is 230 g/mol. The smallest absolute Gasteiger partial charge is 0.411 e. The van der Waals surface area contributed by atoms with Crippen LogP contribution in [0.25, 0.3) is 0 Å². The number of alkyl halides is 1. The number of amides is 1. The van der Waals surface area contributed by atoms with E-state index in [2.05, 4.69) is 10.1 Å². The van der Waals surface area contributed by atoms with Gasteiger partial charge in [-0.1, -0.05) is 6.07 Å². The number of rotatable bonds is 3. The van der Waals surface area contributed by atoms with Gasteiger partial charge in [0.15, 0.2) is 0 Å². The van der Waals surface area contributed by atoms with Gasteiger partial charge in [-0.3, -0.25) is 5.32 Å². The number of carbonyl (C=O) groups excluding carboxylic acids is 1. The van der Waals surface area contributed by atoms with E-state index in [9.17, 15) is 4.79 Å². The van der Waals surface area contributed by atoms with Crippen LogP contribution < -0.4 is 10.1 Å². The molecule has 1 N–H and O–H groups in total. The lowest BCUT2D eigenvalue weighted by molar-refractivity contribution is 0.186. The molecule has 0 saturated carbocycles. The first-order chi connectivity index (χ1) is 7.63. The molecule has 1 rings (SSSR count). The minimum Gasteiger partial charge on any atom is -0.495 e. The summed E-state index contributed by atoms with van der Waals surface area (Å²) in [7, 11) is 2.84. The summed E-state index contributed by atoms with van der Waals surface area (Å²) in [6.45, 7) is 1.92. The van der Waals surface area contributed by atoms with Crippen molar-refractivity contribution in [2.24, 2.45) is 0 Å². The summed E-state index contributed by atoms with van der Waals surface area (Å²) in [4.78, 5) is 11.2. The Morgan fingerprint density at radius 3 is 2.62 bits per heavy atom. The molecule has 16 heavy (non-hydrogen) atoms. The molecule has 0 spiro atoms. The topological polar surface area (TPSA) is 47.6 Å². The largest absolute Gasteiger partial charge is 0.495 e. The Hall–Kier alpha value is -1.42. The quantitative estimate of drug-likeness (QED) is 0.831. The predicted octanol–water partition coefficient (Wildman–Crippen LogP) is 2.92. The Balaban J connectivity index is 3.19. The molecule has 0 aliphatic rings. The highest BCUT2D eigenvalue weighted by Gasteiger charge is 2.14. The summed E-state index contributed by atoms with van der Waals surface area (Å²) in [6, 6.07) is 3.66. The number of methoxy groups -OCH3 is 2. The van der Waals surface area contributed by atoms with Crippen LogP contribution in [-0.4, -0.2) is 20.3 Å². The first-order valence-electron chi connectivity index (χ1n) is 4.71. The summed E-state index contributed by atoms with van der Waals surface area (Å²) < 4.78 is 9.70. The van der Waals surface area contributed by atoms with Crippen LogP contribution in [0.3, 0.4) is 0 Å². The number of anilines is 1. The highest BCUT2D eigenvalue weighted by atomic mass is 35.5. The number of benzene rings is 1. The molecule has 1 aromatic carbocycles. The zero-order valence-corrected chi connectivity index (χ0v) is 10.2. The molecule has 0 aromatic heterocycles. The van der Waals surface area contributed by atoms with E-state index in [1.807, 2.05) is 13.0 Å². The maximum Gasteiger partial charge on any atom is 0.411 e. The van der Waals surface area contributed by atoms with Crippen molar-refractivity contribution in [2.75, 3.05) is 19.5 Å². The number of carbonyl (C=O) groups is 1. The molecule has 1 amide bonds. The van der Waals surface area contributed by atoms with E-state index in [-0.39, 0.29) is 0 Å². The van der Waals surface area contributed by atoms with Gasteiger partial charge in [0.1, 0.15) is 5.75 Å². The number of ether oxygens (including phenoxy) is 2. The Bertz CT molecular complexity index is 393. The average molecular weight is 244 g/mol. The van der Waals surface area contributed by atoms with Gasteiger partial charge in [0, 0.05) is 5.88 Å². The number of nitrogens with one attached hydrogen (secondary N) is 1. The standard InChI is InChI=1S/C11H14ClNO3/c1-7-4-5-9(15-2)10(8(7)6-12)13-11(14)16-3/h4-5H,6H2,1-3H3,(H,13,14). The Morgan fingerprint density at radius 2 is 2.12 bits per heavy atom. The first-order valence-corrected chi connectivity index (χ1v) is 5.24. The van der Waals surface area contributed by atoms with Gasteiger partial charge in [-0.15, -0.1) is 11.6 Å². The van der Waals surface area contributed by atoms with Crippen molar-refractivity contribution in [1.29, 1.82) is 0 Å². The number of hydrogen-bond acceptors (Lipinski definition) is 3. The first kappa shape index (κ1) is 12.6. The lowest BCUT2D eigenvalue weighted by Crippen LogP contribution is -2.13. The van der Waals surface area contributed by atoms with Crippen molar-refractivity contribution in [1.82, 2.24) is 0 Å². The fourth-order valence-electron chi connectivity index (χ4n) is 1.36. The fraction of sp³-hybridized carbons (Fsp3) is 0.364. The number of hydrogen-bond donors (Lipinski definition) is 1. The van der Waals surface area contributed by atoms with Gasteiger partial charge >= 0.3 is 6.09 Å². The van der Waals surface area contributed by atoms with Crippen molar-refractivity contribution in [3.8, 4) is 5.75 Å². The molecule has 0 aliphatic heterocycles. The lowest BCUT2D eigenvalue weighted by Gasteiger charge is -2.15. The number of aryl methyl sites for hydroxylation is 1. The maximum atomic E-state index is 11.2. The van der Waals surface area contributed by atoms with Crippen LogP contribution in [0.15, 0.2) is 12.1 Å². The van der Waals surface area contributed by atoms with Gasteiger partial charge in [-0.25, -0.2) is 4.79 Å². The molecule has 4 nitrogen and oxygen atoms in total. The minimum absolute atomic E-state index is 0.294. The van der Waals surface area contributed by atoms with E-state index in [0.29, 0.717) is 17.3 Å². The van der Waals surface area contributed by atoms with Crippen LogP contribution in [0.2, 0.25) is 0 Å². The molecule has 0 heterocycles. The van der Waals surface area contributed by atoms with Gasteiger partial charge < -0.3 is 9.47 Å². The summed E-state index contributed by atoms with van der Waals surface area (Å²) >= 11 is 5.85. The summed E-state index contributed by atoms with van der Waals surface area (Å²) in [5, 5.41) is 2.60. The third-order valence-corrected chi connectivity index (χ3v) is 2.54. The Morgan fingerprint density at radius 1 is 1.44 bits per heavy atom. The van der Waals surface area contributed by atoms with Gasteiger partial charge in [-0.05, 0) is 24.1 Å². The Kier molecular flexibility index (Phi) is 4.43. The summed E-state index contributed by atoms with van der Waals surface area (Å²) in [5.41, 5.74) is 2.37. The molecule has 0 atom stereocenters. The van der Waals surface area contributed by atoms with Crippen LogP contribution in [0.5, 0.6) is 5.75 Å². The zero-order chi connectivity index (χ0) is 12.1. The van der Waals surface area contributed by atoms with E-state index in [1.54, 1.807) is 6.07 Å². The van der Waals surface area contributed by atoms with Crippen molar-refractivity contribution in [3.05, 3.63) is 23.3 Å². The molecule has 5 heteroatoms. The monoisotopic (exact) mass is 243 g/mol. The predicted molar refractivity (Wildman–Crippen MR) is 63.3 cm³/mol. The van der Waals surface area contributed by atoms with E-state index in [1.165, 1.54) is 14.2 Å². The molecule has 0 fully saturated rings. The van der Waals surface area contributed by atoms with Crippen molar-refractivity contribution < 1.29 is 14.3 Å². The van der Waals surface area contributed by atoms with Crippen molar-refractivity contribution in [3.63, 3.8) is 0 Å². The van der Waals surface area contributed by atoms with Gasteiger partial charge in [-0.2, -0.15) is 0 Å². The van der Waals surface area contributed by atoms with Crippen LogP contribution in [-0.2, 0) is 10.6 Å². The molecule has 0 unspecified atom stereocenters. The zero-order valence-electron chi connectivity index (χ0n) is 9.46. The van der Waals surface area contributed by atoms with Gasteiger partial charge in [0.05, 0.1) is 19.9 Å². The molecule has 0 saturated heterocycles. The lowest BCUT2D eigenvalue weighted by atomic mass is 10.1. The molecule has 1 aromatic rings. The second-order valence-corrected chi connectivity index (χ2v) is 3.46. The van der Waals surface area contributed by atoms with E-state index in [4.69, 9.17) is 16.3 Å². The van der Waals surface area contributed by atoms with Crippen LogP contribution in [0, 0.1) is 6.92 Å². The molecule has 0 bridgehead atoms. The van der Waals surface area contributed by atoms with Crippen molar-refractivity contribution in [2.45, 2.75) is 12.8 Å². The second-order valence-electron chi connectivity index (χ2n) is 3.19. The highest BCUT2D eigenvalue weighted by molar-refractivity contribution is 6.17.